The molecule has 0 bridgehead atoms. The summed E-state index contributed by atoms with van der Waals surface area (Å²) in [6, 6.07) is 2.79. The minimum atomic E-state index is -4.42. The van der Waals surface area contributed by atoms with Crippen LogP contribution in [-0.2, 0) is 15.7 Å². The second kappa shape index (κ2) is 5.81. The van der Waals surface area contributed by atoms with Gasteiger partial charge in [-0.15, -0.1) is 0 Å². The molecule has 0 spiro atoms. The highest BCUT2D eigenvalue weighted by molar-refractivity contribution is 5.68. The molecule has 0 saturated heterocycles. The van der Waals surface area contributed by atoms with Crippen LogP contribution in [0.3, 0.4) is 0 Å². The number of hydrogen-bond acceptors (Lipinski definition) is 4. The maximum absolute atomic E-state index is 12.4. The molecule has 0 unspecified atom stereocenters. The lowest BCUT2D eigenvalue weighted by Gasteiger charge is -2.17. The smallest absolute Gasteiger partial charge is 0.416 e. The van der Waals surface area contributed by atoms with E-state index in [-0.39, 0.29) is 18.3 Å². The molecule has 0 aromatic heterocycles. The number of benzene rings is 1. The van der Waals surface area contributed by atoms with Gasteiger partial charge >= 0.3 is 12.1 Å². The molecule has 0 saturated carbocycles. The molecular formula is C12H15F3N2O2. The molecule has 3 N–H and O–H groups in total. The first kappa shape index (κ1) is 15.1. The molecule has 1 aromatic carbocycles. The number of nitrogens with one attached hydrogen (secondary N) is 1. The van der Waals surface area contributed by atoms with Crippen molar-refractivity contribution in [3.8, 4) is 0 Å². The van der Waals surface area contributed by atoms with Crippen molar-refractivity contribution in [2.45, 2.75) is 26.1 Å². The lowest BCUT2D eigenvalue weighted by atomic mass is 10.1. The fourth-order valence-electron chi connectivity index (χ4n) is 1.42. The molecule has 0 aliphatic rings. The van der Waals surface area contributed by atoms with Gasteiger partial charge in [-0.1, -0.05) is 0 Å². The zero-order chi connectivity index (χ0) is 14.6. The Balaban J connectivity index is 2.72. The normalized spacial score (nSPS) is 12.9. The zero-order valence-electron chi connectivity index (χ0n) is 10.5. The Hall–Kier alpha value is -1.92. The average Bonchev–Trinajstić information content (AvgIpc) is 2.27. The summed E-state index contributed by atoms with van der Waals surface area (Å²) in [6.07, 6.45) is -4.42. The number of carbonyl (C=O) groups excluding carboxylic acids is 1. The SMILES string of the molecule is CC(=O)OC[C@@H](C)Nc1ccc(C(F)(F)F)cc1N. The molecule has 0 heterocycles. The number of nitrogens with two attached hydrogens (primary N) is 1. The van der Waals surface area contributed by atoms with Crippen LogP contribution in [0.25, 0.3) is 0 Å². The lowest BCUT2D eigenvalue weighted by molar-refractivity contribution is -0.141. The van der Waals surface area contributed by atoms with E-state index >= 15 is 0 Å². The van der Waals surface area contributed by atoms with Crippen molar-refractivity contribution >= 4 is 17.3 Å². The molecule has 106 valence electrons. The zero-order valence-corrected chi connectivity index (χ0v) is 10.5. The van der Waals surface area contributed by atoms with Gasteiger partial charge in [0, 0.05) is 6.92 Å². The van der Waals surface area contributed by atoms with Gasteiger partial charge in [0.05, 0.1) is 23.0 Å². The van der Waals surface area contributed by atoms with E-state index in [1.165, 1.54) is 13.0 Å². The van der Waals surface area contributed by atoms with Crippen LogP contribution in [0.1, 0.15) is 19.4 Å². The molecule has 1 rings (SSSR count). The second-order valence-corrected chi connectivity index (χ2v) is 4.15. The number of carbonyl (C=O) groups is 1. The summed E-state index contributed by atoms with van der Waals surface area (Å²) in [4.78, 5) is 10.6. The summed E-state index contributed by atoms with van der Waals surface area (Å²) in [7, 11) is 0. The maximum atomic E-state index is 12.4. The molecule has 0 radical (unpaired) electrons. The van der Waals surface area contributed by atoms with E-state index in [1.54, 1.807) is 6.92 Å². The van der Waals surface area contributed by atoms with Crippen LogP contribution in [0.2, 0.25) is 0 Å². The standard InChI is InChI=1S/C12H15F3N2O2/c1-7(6-19-8(2)18)17-11-4-3-9(5-10(11)16)12(13,14)15/h3-5,7,17H,6,16H2,1-2H3/t7-/m1/s1. The highest BCUT2D eigenvalue weighted by atomic mass is 19.4. The third kappa shape index (κ3) is 4.69. The number of anilines is 2. The van der Waals surface area contributed by atoms with Gasteiger partial charge in [0.1, 0.15) is 6.61 Å². The predicted molar refractivity (Wildman–Crippen MR) is 65.6 cm³/mol. The van der Waals surface area contributed by atoms with Gasteiger partial charge in [-0.05, 0) is 25.1 Å². The number of ether oxygens (including phenoxy) is 1. The van der Waals surface area contributed by atoms with Gasteiger partial charge in [-0.25, -0.2) is 0 Å². The van der Waals surface area contributed by atoms with Crippen molar-refractivity contribution < 1.29 is 22.7 Å². The highest BCUT2D eigenvalue weighted by Gasteiger charge is 2.30. The monoisotopic (exact) mass is 276 g/mol. The largest absolute Gasteiger partial charge is 0.464 e. The predicted octanol–water partition coefficient (Wildman–Crippen LogP) is 2.65. The van der Waals surface area contributed by atoms with Crippen LogP contribution < -0.4 is 11.1 Å². The summed E-state index contributed by atoms with van der Waals surface area (Å²) >= 11 is 0. The fourth-order valence-corrected chi connectivity index (χ4v) is 1.42. The van der Waals surface area contributed by atoms with E-state index in [0.717, 1.165) is 12.1 Å². The molecule has 0 amide bonds. The first-order valence-electron chi connectivity index (χ1n) is 5.56. The first-order valence-corrected chi connectivity index (χ1v) is 5.56. The highest BCUT2D eigenvalue weighted by Crippen LogP contribution is 2.32. The number of halogens is 3. The molecule has 1 atom stereocenters. The van der Waals surface area contributed by atoms with Gasteiger partial charge in [0.25, 0.3) is 0 Å². The summed E-state index contributed by atoms with van der Waals surface area (Å²) in [5.41, 5.74) is 5.11. The summed E-state index contributed by atoms with van der Waals surface area (Å²) in [5, 5.41) is 2.87. The molecular weight excluding hydrogens is 261 g/mol. The van der Waals surface area contributed by atoms with Crippen LogP contribution in [0, 0.1) is 0 Å². The maximum Gasteiger partial charge on any atom is 0.416 e. The van der Waals surface area contributed by atoms with E-state index in [0.29, 0.717) is 5.69 Å². The fraction of sp³-hybridized carbons (Fsp3) is 0.417. The average molecular weight is 276 g/mol. The van der Waals surface area contributed by atoms with Gasteiger partial charge in [0.2, 0.25) is 0 Å². The minimum Gasteiger partial charge on any atom is -0.464 e. The van der Waals surface area contributed by atoms with E-state index in [4.69, 9.17) is 10.5 Å². The Morgan fingerprint density at radius 3 is 2.58 bits per heavy atom. The van der Waals surface area contributed by atoms with Gasteiger partial charge in [-0.2, -0.15) is 13.2 Å². The van der Waals surface area contributed by atoms with Gasteiger partial charge in [0.15, 0.2) is 0 Å². The second-order valence-electron chi connectivity index (χ2n) is 4.15. The van der Waals surface area contributed by atoms with Crippen LogP contribution in [0.5, 0.6) is 0 Å². The quantitative estimate of drug-likeness (QED) is 0.655. The number of nitrogen functional groups attached to an aromatic ring is 1. The molecule has 0 fully saturated rings. The van der Waals surface area contributed by atoms with Crippen molar-refractivity contribution in [2.24, 2.45) is 0 Å². The summed E-state index contributed by atoms with van der Waals surface area (Å²) in [6.45, 7) is 3.11. The third-order valence-corrected chi connectivity index (χ3v) is 2.32. The van der Waals surface area contributed by atoms with Gasteiger partial charge in [-0.3, -0.25) is 4.79 Å². The minimum absolute atomic E-state index is 0.00972. The van der Waals surface area contributed by atoms with Crippen molar-refractivity contribution in [3.63, 3.8) is 0 Å². The van der Waals surface area contributed by atoms with E-state index in [2.05, 4.69) is 5.32 Å². The Bertz CT molecular complexity index is 461. The molecule has 4 nitrogen and oxygen atoms in total. The molecule has 1 aromatic rings. The number of esters is 1. The summed E-state index contributed by atoms with van der Waals surface area (Å²) in [5.74, 6) is -0.422. The van der Waals surface area contributed by atoms with Crippen LogP contribution in [0.4, 0.5) is 24.5 Å². The Morgan fingerprint density at radius 2 is 2.11 bits per heavy atom. The third-order valence-electron chi connectivity index (χ3n) is 2.32. The first-order chi connectivity index (χ1) is 8.70. The topological polar surface area (TPSA) is 64.3 Å². The van der Waals surface area contributed by atoms with E-state index in [1.807, 2.05) is 0 Å². The van der Waals surface area contributed by atoms with Gasteiger partial charge < -0.3 is 15.8 Å². The van der Waals surface area contributed by atoms with Crippen molar-refractivity contribution in [1.82, 2.24) is 0 Å². The van der Waals surface area contributed by atoms with E-state index in [9.17, 15) is 18.0 Å². The summed E-state index contributed by atoms with van der Waals surface area (Å²) < 4.78 is 42.1. The molecule has 0 aliphatic carbocycles. The molecule has 7 heteroatoms. The Labute approximate surface area is 108 Å². The van der Waals surface area contributed by atoms with Crippen molar-refractivity contribution in [1.29, 1.82) is 0 Å². The molecule has 19 heavy (non-hydrogen) atoms. The Kier molecular flexibility index (Phi) is 4.63. The van der Waals surface area contributed by atoms with Crippen molar-refractivity contribution in [3.05, 3.63) is 23.8 Å². The number of hydrogen-bond donors (Lipinski definition) is 2. The number of rotatable bonds is 4. The lowest BCUT2D eigenvalue weighted by Crippen LogP contribution is -2.23. The van der Waals surface area contributed by atoms with Crippen LogP contribution >= 0.6 is 0 Å². The number of alkyl halides is 3. The van der Waals surface area contributed by atoms with Crippen molar-refractivity contribution in [2.75, 3.05) is 17.7 Å². The Morgan fingerprint density at radius 1 is 1.47 bits per heavy atom. The molecule has 0 aliphatic heterocycles. The van der Waals surface area contributed by atoms with E-state index < -0.39 is 17.7 Å². The van der Waals surface area contributed by atoms with Crippen LogP contribution in [0.15, 0.2) is 18.2 Å². The van der Waals surface area contributed by atoms with Crippen LogP contribution in [-0.4, -0.2) is 18.6 Å².